The van der Waals surface area contributed by atoms with Crippen LogP contribution in [0.4, 0.5) is 0 Å². The van der Waals surface area contributed by atoms with Gasteiger partial charge in [-0.3, -0.25) is 9.78 Å². The van der Waals surface area contributed by atoms with Gasteiger partial charge in [-0.2, -0.15) is 0 Å². The monoisotopic (exact) mass is 340 g/mol. The van der Waals surface area contributed by atoms with Crippen molar-refractivity contribution in [1.82, 2.24) is 19.9 Å². The van der Waals surface area contributed by atoms with Gasteiger partial charge in [-0.25, -0.2) is 0 Å². The molecular formula is C19H24N4O2. The average Bonchev–Trinajstić information content (AvgIpc) is 3.13. The highest BCUT2D eigenvalue weighted by Crippen LogP contribution is 2.40. The maximum atomic E-state index is 12.9. The zero-order valence-electron chi connectivity index (χ0n) is 14.8. The SMILES string of the molecule is CN(C)Cc1ccc([C@H]2CCCN2C(=O)c2cc(C3CC3)on2)nc1. The first-order chi connectivity index (χ1) is 12.1. The Hall–Kier alpha value is -2.21. The Morgan fingerprint density at radius 1 is 1.32 bits per heavy atom. The van der Waals surface area contributed by atoms with Crippen molar-refractivity contribution in [3.8, 4) is 0 Å². The van der Waals surface area contributed by atoms with Crippen molar-refractivity contribution in [3.63, 3.8) is 0 Å². The van der Waals surface area contributed by atoms with E-state index in [9.17, 15) is 4.79 Å². The molecule has 1 aliphatic carbocycles. The lowest BCUT2D eigenvalue weighted by molar-refractivity contribution is 0.0722. The van der Waals surface area contributed by atoms with Crippen LogP contribution in [0, 0.1) is 0 Å². The zero-order chi connectivity index (χ0) is 17.4. The van der Waals surface area contributed by atoms with Crippen LogP contribution >= 0.6 is 0 Å². The molecule has 1 saturated carbocycles. The first-order valence-electron chi connectivity index (χ1n) is 8.99. The summed E-state index contributed by atoms with van der Waals surface area (Å²) in [6, 6.07) is 6.00. The van der Waals surface area contributed by atoms with Gasteiger partial charge in [-0.05, 0) is 51.4 Å². The predicted molar refractivity (Wildman–Crippen MR) is 93.1 cm³/mol. The third-order valence-electron chi connectivity index (χ3n) is 4.93. The molecule has 2 aromatic heterocycles. The van der Waals surface area contributed by atoms with Gasteiger partial charge in [0.25, 0.3) is 5.91 Å². The van der Waals surface area contributed by atoms with E-state index < -0.39 is 0 Å². The fourth-order valence-electron chi connectivity index (χ4n) is 3.51. The van der Waals surface area contributed by atoms with Crippen LogP contribution in [0.2, 0.25) is 0 Å². The number of rotatable bonds is 5. The van der Waals surface area contributed by atoms with Crippen LogP contribution in [0.15, 0.2) is 28.9 Å². The Kier molecular flexibility index (Phi) is 4.29. The summed E-state index contributed by atoms with van der Waals surface area (Å²) in [5, 5.41) is 4.00. The highest BCUT2D eigenvalue weighted by Gasteiger charge is 2.34. The standard InChI is InChI=1S/C19H24N4O2/c1-22(2)12-13-5-8-15(20-11-13)17-4-3-9-23(17)19(24)16-10-18(25-21-16)14-6-7-14/h5,8,10-11,14,17H,3-4,6-7,9,12H2,1-2H3/t17-/m1/s1. The number of hydrogen-bond acceptors (Lipinski definition) is 5. The summed E-state index contributed by atoms with van der Waals surface area (Å²) in [7, 11) is 4.08. The number of nitrogens with zero attached hydrogens (tertiary/aromatic N) is 4. The van der Waals surface area contributed by atoms with E-state index in [1.54, 1.807) is 0 Å². The lowest BCUT2D eigenvalue weighted by Gasteiger charge is -2.23. The smallest absolute Gasteiger partial charge is 0.276 e. The first kappa shape index (κ1) is 16.3. The van der Waals surface area contributed by atoms with Gasteiger partial charge in [0.1, 0.15) is 5.76 Å². The summed E-state index contributed by atoms with van der Waals surface area (Å²) in [6.45, 7) is 1.61. The lowest BCUT2D eigenvalue weighted by Crippen LogP contribution is -2.31. The van der Waals surface area contributed by atoms with Gasteiger partial charge in [0.2, 0.25) is 0 Å². The summed E-state index contributed by atoms with van der Waals surface area (Å²) < 4.78 is 5.35. The average molecular weight is 340 g/mol. The molecule has 4 rings (SSSR count). The normalized spacial score (nSPS) is 20.4. The van der Waals surface area contributed by atoms with Crippen LogP contribution in [0.1, 0.15) is 65.1 Å². The highest BCUT2D eigenvalue weighted by molar-refractivity contribution is 5.92. The summed E-state index contributed by atoms with van der Waals surface area (Å²) in [5.74, 6) is 1.27. The van der Waals surface area contributed by atoms with Crippen LogP contribution < -0.4 is 0 Å². The molecule has 0 radical (unpaired) electrons. The van der Waals surface area contributed by atoms with E-state index in [4.69, 9.17) is 4.52 Å². The van der Waals surface area contributed by atoms with E-state index in [0.29, 0.717) is 11.6 Å². The quantitative estimate of drug-likeness (QED) is 0.837. The lowest BCUT2D eigenvalue weighted by atomic mass is 10.1. The summed E-state index contributed by atoms with van der Waals surface area (Å²) in [4.78, 5) is 21.5. The fourth-order valence-corrected chi connectivity index (χ4v) is 3.51. The van der Waals surface area contributed by atoms with Crippen molar-refractivity contribution in [2.75, 3.05) is 20.6 Å². The minimum atomic E-state index is -0.0441. The third kappa shape index (κ3) is 3.44. The Labute approximate surface area is 147 Å². The van der Waals surface area contributed by atoms with Crippen molar-refractivity contribution in [1.29, 1.82) is 0 Å². The van der Waals surface area contributed by atoms with Crippen LogP contribution in [0.5, 0.6) is 0 Å². The first-order valence-corrected chi connectivity index (χ1v) is 8.99. The Morgan fingerprint density at radius 3 is 2.84 bits per heavy atom. The molecule has 1 aliphatic heterocycles. The van der Waals surface area contributed by atoms with E-state index >= 15 is 0 Å². The van der Waals surface area contributed by atoms with Crippen molar-refractivity contribution in [2.24, 2.45) is 0 Å². The number of hydrogen-bond donors (Lipinski definition) is 0. The Morgan fingerprint density at radius 2 is 2.16 bits per heavy atom. The second-order valence-corrected chi connectivity index (χ2v) is 7.37. The van der Waals surface area contributed by atoms with Crippen LogP contribution in [-0.4, -0.2) is 46.5 Å². The maximum Gasteiger partial charge on any atom is 0.276 e. The van der Waals surface area contributed by atoms with Crippen LogP contribution in [-0.2, 0) is 6.54 Å². The topological polar surface area (TPSA) is 62.5 Å². The summed E-state index contributed by atoms with van der Waals surface area (Å²) in [5.41, 5.74) is 2.56. The van der Waals surface area contributed by atoms with Crippen molar-refractivity contribution >= 4 is 5.91 Å². The number of carbonyl (C=O) groups is 1. The maximum absolute atomic E-state index is 12.9. The number of aromatic nitrogens is 2. The molecule has 6 nitrogen and oxygen atoms in total. The van der Waals surface area contributed by atoms with E-state index in [0.717, 1.165) is 50.2 Å². The Bertz CT molecular complexity index is 749. The molecule has 2 fully saturated rings. The highest BCUT2D eigenvalue weighted by atomic mass is 16.5. The summed E-state index contributed by atoms with van der Waals surface area (Å²) in [6.07, 6.45) is 6.12. The van der Waals surface area contributed by atoms with Gasteiger partial charge in [0.05, 0.1) is 11.7 Å². The van der Waals surface area contributed by atoms with Gasteiger partial charge in [-0.15, -0.1) is 0 Å². The molecule has 0 aromatic carbocycles. The third-order valence-corrected chi connectivity index (χ3v) is 4.93. The van der Waals surface area contributed by atoms with Crippen molar-refractivity contribution in [2.45, 2.75) is 44.2 Å². The molecule has 6 heteroatoms. The largest absolute Gasteiger partial charge is 0.360 e. The van der Waals surface area contributed by atoms with Gasteiger partial charge in [0, 0.05) is 31.3 Å². The molecule has 0 bridgehead atoms. The Balaban J connectivity index is 1.50. The van der Waals surface area contributed by atoms with Crippen molar-refractivity contribution < 1.29 is 9.32 Å². The molecule has 3 heterocycles. The number of likely N-dealkylation sites (tertiary alicyclic amines) is 1. The van der Waals surface area contributed by atoms with E-state index in [1.165, 1.54) is 5.56 Å². The van der Waals surface area contributed by atoms with Gasteiger partial charge in [0.15, 0.2) is 5.69 Å². The predicted octanol–water partition coefficient (Wildman–Crippen LogP) is 2.99. The van der Waals surface area contributed by atoms with Crippen LogP contribution in [0.25, 0.3) is 0 Å². The van der Waals surface area contributed by atoms with Crippen LogP contribution in [0.3, 0.4) is 0 Å². The van der Waals surface area contributed by atoms with E-state index in [1.807, 2.05) is 37.3 Å². The molecular weight excluding hydrogens is 316 g/mol. The second kappa shape index (κ2) is 6.59. The van der Waals surface area contributed by atoms with E-state index in [-0.39, 0.29) is 11.9 Å². The molecule has 0 N–H and O–H groups in total. The minimum Gasteiger partial charge on any atom is -0.360 e. The summed E-state index contributed by atoms with van der Waals surface area (Å²) >= 11 is 0. The van der Waals surface area contributed by atoms with E-state index in [2.05, 4.69) is 21.1 Å². The zero-order valence-corrected chi connectivity index (χ0v) is 14.8. The molecule has 25 heavy (non-hydrogen) atoms. The molecule has 0 unspecified atom stereocenters. The molecule has 2 aliphatic rings. The second-order valence-electron chi connectivity index (χ2n) is 7.37. The molecule has 1 amide bonds. The molecule has 0 spiro atoms. The number of carbonyl (C=O) groups excluding carboxylic acids is 1. The van der Waals surface area contributed by atoms with Gasteiger partial charge in [-0.1, -0.05) is 11.2 Å². The fraction of sp³-hybridized carbons (Fsp3) is 0.526. The van der Waals surface area contributed by atoms with Crippen molar-refractivity contribution in [3.05, 3.63) is 47.1 Å². The molecule has 132 valence electrons. The van der Waals surface area contributed by atoms with Gasteiger partial charge >= 0.3 is 0 Å². The van der Waals surface area contributed by atoms with Gasteiger partial charge < -0.3 is 14.3 Å². The number of amides is 1. The molecule has 1 atom stereocenters. The minimum absolute atomic E-state index is 0.0296. The molecule has 2 aromatic rings. The molecule has 1 saturated heterocycles. The number of pyridine rings is 1.